The Labute approximate surface area is 607 Å². The first kappa shape index (κ1) is 81.4. The summed E-state index contributed by atoms with van der Waals surface area (Å²) >= 11 is 6.43. The Morgan fingerprint density at radius 3 is 1.82 bits per heavy atom. The van der Waals surface area contributed by atoms with Gasteiger partial charge < -0.3 is 60.0 Å². The van der Waals surface area contributed by atoms with E-state index in [1.165, 1.54) is 74.4 Å². The standard InChI is InChI=1S/C74H118ClF3N12O12/c1-13-46(6)61-70(100)83(9)47(7)65(95)90-38-32-55(90)69(99)88(14-2)58(41-49-26-24-45(5)25-27-49)67(97)82(8)43-59(91)79-53(31-29-48-28-30-51(52(75)40-48)74(76,77)78)66(96)89-37-19-23-54(89)64(94)81-73(33-17-18-34-73)72(102)86(12)62(50-21-15-16-22-50)71(101)85(11)57(68(98)87-35-20-36-87)42-60(92)84(10)56(39-44(3)4)63(93)80-61/h44-58,61-62H,13-43H2,1-12H3,(H,79,91)(H,80,93)(H,81,94)/t45?,46-,47-,48?,49?,51?,52?,53-,54-,55-,56-,57-,58-,61-,62-/m0/s1. The molecule has 12 amide bonds. The Hall–Kier alpha value is -6.28. The number of rotatable bonds is 12. The fraction of sp³-hybridized carbons (Fsp3) is 0.838. The predicted molar refractivity (Wildman–Crippen MR) is 377 cm³/mol. The number of nitrogens with zero attached hydrogens (tertiary/aromatic N) is 9. The van der Waals surface area contributed by atoms with Crippen LogP contribution in [0.25, 0.3) is 0 Å². The average Bonchev–Trinajstić information content (AvgIpc) is 1.55. The second kappa shape index (κ2) is 35.2. The molecule has 102 heavy (non-hydrogen) atoms. The summed E-state index contributed by atoms with van der Waals surface area (Å²) in [5.74, 6) is -9.76. The normalized spacial score (nSPS) is 32.6. The van der Waals surface area contributed by atoms with Gasteiger partial charge in [-0.1, -0.05) is 92.4 Å². The van der Waals surface area contributed by atoms with Crippen LogP contribution in [0.1, 0.15) is 209 Å². The summed E-state index contributed by atoms with van der Waals surface area (Å²) < 4.78 is 42.2. The van der Waals surface area contributed by atoms with Gasteiger partial charge >= 0.3 is 6.18 Å². The number of halogens is 4. The number of nitrogens with one attached hydrogen (secondary N) is 3. The van der Waals surface area contributed by atoms with E-state index in [9.17, 15) is 37.1 Å². The molecule has 3 N–H and O–H groups in total. The van der Waals surface area contributed by atoms with Crippen molar-refractivity contribution in [1.82, 2.24) is 60.0 Å². The number of hydrogen-bond acceptors (Lipinski definition) is 12. The molecule has 0 bridgehead atoms. The first-order chi connectivity index (χ1) is 48.1. The van der Waals surface area contributed by atoms with Crippen LogP contribution in [-0.2, 0) is 57.5 Å². The number of alkyl halides is 4. The molecule has 4 heterocycles. The van der Waals surface area contributed by atoms with E-state index >= 15 is 33.6 Å². The Morgan fingerprint density at radius 1 is 0.618 bits per heavy atom. The van der Waals surface area contributed by atoms with Crippen molar-refractivity contribution in [3.05, 3.63) is 0 Å². The van der Waals surface area contributed by atoms with Crippen LogP contribution in [0.5, 0.6) is 0 Å². The molecule has 13 atom stereocenters. The van der Waals surface area contributed by atoms with Crippen molar-refractivity contribution in [3.8, 4) is 0 Å². The number of likely N-dealkylation sites (tertiary alicyclic amines) is 1. The number of carbonyl (C=O) groups is 12. The number of fused-ring (bicyclic) bond motifs is 2. The average molecular weight is 1460 g/mol. The van der Waals surface area contributed by atoms with Gasteiger partial charge in [-0.3, -0.25) is 57.5 Å². The van der Waals surface area contributed by atoms with Gasteiger partial charge in [0.15, 0.2) is 0 Å². The fourth-order valence-corrected chi connectivity index (χ4v) is 17.9. The van der Waals surface area contributed by atoms with Crippen molar-refractivity contribution in [2.45, 2.75) is 280 Å². The van der Waals surface area contributed by atoms with Gasteiger partial charge in [-0.05, 0) is 146 Å². The van der Waals surface area contributed by atoms with Crippen molar-refractivity contribution in [3.63, 3.8) is 0 Å². The minimum absolute atomic E-state index is 0.00428. The van der Waals surface area contributed by atoms with Crippen molar-refractivity contribution in [2.75, 3.05) is 74.5 Å². The van der Waals surface area contributed by atoms with Crippen molar-refractivity contribution in [1.29, 1.82) is 0 Å². The summed E-state index contributed by atoms with van der Waals surface area (Å²) in [6.45, 7) is 13.3. The molecule has 4 aliphatic heterocycles. The van der Waals surface area contributed by atoms with E-state index in [-0.39, 0.29) is 114 Å². The molecule has 0 aromatic heterocycles. The largest absolute Gasteiger partial charge is 0.393 e. The maximum Gasteiger partial charge on any atom is 0.393 e. The van der Waals surface area contributed by atoms with Gasteiger partial charge in [-0.2, -0.15) is 13.2 Å². The smallest absolute Gasteiger partial charge is 0.343 e. The maximum absolute atomic E-state index is 15.7. The predicted octanol–water partition coefficient (Wildman–Crippen LogP) is 6.48. The Bertz CT molecular complexity index is 3030. The zero-order valence-electron chi connectivity index (χ0n) is 62.7. The molecular formula is C74H118ClF3N12O12. The highest BCUT2D eigenvalue weighted by Gasteiger charge is 2.53. The van der Waals surface area contributed by atoms with Crippen molar-refractivity contribution in [2.24, 2.45) is 41.4 Å². The molecule has 24 nitrogen and oxygen atoms in total. The Balaban J connectivity index is 1.17. The second-order valence-corrected chi connectivity index (χ2v) is 32.5. The molecule has 8 fully saturated rings. The molecule has 3 unspecified atom stereocenters. The van der Waals surface area contributed by atoms with Gasteiger partial charge in [0, 0.05) is 73.3 Å². The molecule has 4 saturated heterocycles. The van der Waals surface area contributed by atoms with Crippen LogP contribution in [0.4, 0.5) is 13.2 Å². The molecule has 0 aromatic rings. The number of amides is 12. The molecule has 4 aliphatic carbocycles. The number of likely N-dealkylation sites (N-methyl/N-ethyl adjacent to an activating group) is 6. The summed E-state index contributed by atoms with van der Waals surface area (Å²) in [6.07, 6.45) is 4.79. The van der Waals surface area contributed by atoms with Gasteiger partial charge in [0.25, 0.3) is 0 Å². The van der Waals surface area contributed by atoms with Crippen LogP contribution in [0.3, 0.4) is 0 Å². The summed E-state index contributed by atoms with van der Waals surface area (Å²) in [4.78, 5) is 194. The minimum Gasteiger partial charge on any atom is -0.343 e. The van der Waals surface area contributed by atoms with Gasteiger partial charge in [0.1, 0.15) is 59.9 Å². The first-order valence-corrected chi connectivity index (χ1v) is 38.7. The monoisotopic (exact) mass is 1460 g/mol. The molecule has 0 aromatic carbocycles. The van der Waals surface area contributed by atoms with Crippen LogP contribution in [0.15, 0.2) is 0 Å². The van der Waals surface area contributed by atoms with Gasteiger partial charge in [0.05, 0.1) is 18.9 Å². The van der Waals surface area contributed by atoms with Crippen molar-refractivity contribution >= 4 is 82.5 Å². The Morgan fingerprint density at radius 2 is 1.25 bits per heavy atom. The van der Waals surface area contributed by atoms with E-state index in [0.717, 1.165) is 38.5 Å². The first-order valence-electron chi connectivity index (χ1n) is 38.3. The maximum atomic E-state index is 15.7. The molecule has 574 valence electrons. The van der Waals surface area contributed by atoms with Crippen LogP contribution in [0.2, 0.25) is 0 Å². The van der Waals surface area contributed by atoms with E-state index in [1.54, 1.807) is 25.7 Å². The molecule has 8 aliphatic rings. The highest BCUT2D eigenvalue weighted by Crippen LogP contribution is 2.44. The second-order valence-electron chi connectivity index (χ2n) is 31.9. The van der Waals surface area contributed by atoms with Crippen LogP contribution < -0.4 is 16.0 Å². The van der Waals surface area contributed by atoms with Gasteiger partial charge in [-0.15, -0.1) is 11.6 Å². The van der Waals surface area contributed by atoms with Gasteiger partial charge in [-0.25, -0.2) is 0 Å². The van der Waals surface area contributed by atoms with E-state index in [0.29, 0.717) is 64.0 Å². The molecule has 1 spiro atoms. The molecule has 0 radical (unpaired) electrons. The number of carbonyl (C=O) groups excluding carboxylic acids is 12. The number of hydrogen-bond donors (Lipinski definition) is 3. The third-order valence-electron chi connectivity index (χ3n) is 24.6. The van der Waals surface area contributed by atoms with Crippen LogP contribution in [0, 0.1) is 41.4 Å². The highest BCUT2D eigenvalue weighted by molar-refractivity contribution is 6.21. The minimum atomic E-state index is -4.51. The summed E-state index contributed by atoms with van der Waals surface area (Å²) in [7, 11) is 7.31. The Kier molecular flexibility index (Phi) is 28.1. The molecular weight excluding hydrogens is 1340 g/mol. The zero-order valence-corrected chi connectivity index (χ0v) is 63.4. The summed E-state index contributed by atoms with van der Waals surface area (Å²) in [5, 5.41) is 7.70. The third kappa shape index (κ3) is 18.7. The van der Waals surface area contributed by atoms with E-state index in [4.69, 9.17) is 11.6 Å². The lowest BCUT2D eigenvalue weighted by molar-refractivity contribution is -0.182. The van der Waals surface area contributed by atoms with E-state index in [1.807, 2.05) is 20.8 Å². The van der Waals surface area contributed by atoms with E-state index < -0.39 is 167 Å². The summed E-state index contributed by atoms with van der Waals surface area (Å²) in [5.41, 5.74) is -1.54. The third-order valence-corrected chi connectivity index (χ3v) is 25.1. The molecule has 4 saturated carbocycles. The summed E-state index contributed by atoms with van der Waals surface area (Å²) in [6, 6.07) is -10.6. The van der Waals surface area contributed by atoms with E-state index in [2.05, 4.69) is 22.9 Å². The zero-order chi connectivity index (χ0) is 75.0. The van der Waals surface area contributed by atoms with Gasteiger partial charge in [0.2, 0.25) is 70.9 Å². The molecule has 8 rings (SSSR count). The topological polar surface area (TPSA) is 270 Å². The SMILES string of the molecule is CC[C@H](C)[C@@H]1NC(=O)[C@H](CC(C)C)N(C)C(=O)C[C@@H](C(=O)N2CCC2)N(C)C(=O)[C@H](C2CCCC2)N(C)C(=O)C2(CCCC2)NC(=O)[C@@H]2CCCN2C(=O)[C@H](CCC2CCC(C(F)(F)F)C(Cl)C2)NC(=O)CN(C)C(=O)[C@H](CC2CCC(C)CC2)N(CC)C(=O)[C@@H]2CCN2C(=O)[C@H](C)N(C)C1=O. The lowest BCUT2D eigenvalue weighted by atomic mass is 9.78. The molecule has 28 heteroatoms. The van der Waals surface area contributed by atoms with Crippen molar-refractivity contribution < 1.29 is 70.7 Å². The lowest BCUT2D eigenvalue weighted by Crippen LogP contribution is -2.65. The lowest BCUT2D eigenvalue weighted by Gasteiger charge is -2.46. The fourth-order valence-electron chi connectivity index (χ4n) is 17.4. The van der Waals surface area contributed by atoms with Crippen LogP contribution in [-0.4, -0.2) is 261 Å². The van der Waals surface area contributed by atoms with Crippen LogP contribution >= 0.6 is 11.6 Å². The highest BCUT2D eigenvalue weighted by atomic mass is 35.5. The quantitative estimate of drug-likeness (QED) is 0.177.